The van der Waals surface area contributed by atoms with E-state index in [4.69, 9.17) is 14.6 Å². The third kappa shape index (κ3) is 3.31. The highest BCUT2D eigenvalue weighted by atomic mass is 79.9. The first-order chi connectivity index (χ1) is 8.48. The lowest BCUT2D eigenvalue weighted by Gasteiger charge is -2.27. The van der Waals surface area contributed by atoms with Crippen molar-refractivity contribution in [2.75, 3.05) is 0 Å². The third-order valence-electron chi connectivity index (χ3n) is 3.03. The molecule has 0 spiro atoms. The van der Waals surface area contributed by atoms with Crippen molar-refractivity contribution in [3.8, 4) is 0 Å². The highest BCUT2D eigenvalue weighted by Crippen LogP contribution is 2.29. The molecule has 0 bridgehead atoms. The molecule has 4 nitrogen and oxygen atoms in total. The Morgan fingerprint density at radius 1 is 1.39 bits per heavy atom. The van der Waals surface area contributed by atoms with E-state index in [1.807, 2.05) is 18.2 Å². The number of hydrogen-bond donors (Lipinski definition) is 1. The van der Waals surface area contributed by atoms with Crippen LogP contribution in [0.5, 0.6) is 0 Å². The van der Waals surface area contributed by atoms with Gasteiger partial charge in [-0.3, -0.25) is 4.79 Å². The number of benzene rings is 1. The SMILES string of the molecule is CC1(CCC(=O)O)OCc2ccc(Br)cc2CO1. The quantitative estimate of drug-likeness (QED) is 0.931. The van der Waals surface area contributed by atoms with E-state index < -0.39 is 11.8 Å². The fraction of sp³-hybridized carbons (Fsp3) is 0.462. The molecule has 5 heteroatoms. The van der Waals surface area contributed by atoms with E-state index in [-0.39, 0.29) is 6.42 Å². The standard InChI is InChI=1S/C13H15BrO4/c1-13(5-4-12(15)16)17-7-9-2-3-11(14)6-10(9)8-18-13/h2-3,6H,4-5,7-8H2,1H3,(H,15,16). The number of carbonyl (C=O) groups is 1. The van der Waals surface area contributed by atoms with Gasteiger partial charge >= 0.3 is 5.97 Å². The van der Waals surface area contributed by atoms with Crippen molar-refractivity contribution in [1.82, 2.24) is 0 Å². The van der Waals surface area contributed by atoms with Gasteiger partial charge in [0, 0.05) is 10.9 Å². The van der Waals surface area contributed by atoms with Gasteiger partial charge in [0.2, 0.25) is 0 Å². The average Bonchev–Trinajstić information content (AvgIpc) is 2.48. The molecule has 1 aromatic rings. The third-order valence-corrected chi connectivity index (χ3v) is 3.52. The summed E-state index contributed by atoms with van der Waals surface area (Å²) in [6, 6.07) is 5.95. The van der Waals surface area contributed by atoms with Gasteiger partial charge in [-0.05, 0) is 30.2 Å². The van der Waals surface area contributed by atoms with Crippen molar-refractivity contribution >= 4 is 21.9 Å². The Morgan fingerprint density at radius 2 is 2.06 bits per heavy atom. The zero-order chi connectivity index (χ0) is 13.2. The second-order valence-electron chi connectivity index (χ2n) is 4.52. The molecule has 18 heavy (non-hydrogen) atoms. The van der Waals surface area contributed by atoms with E-state index in [2.05, 4.69) is 15.9 Å². The molecule has 1 unspecified atom stereocenters. The highest BCUT2D eigenvalue weighted by molar-refractivity contribution is 9.10. The fourth-order valence-electron chi connectivity index (χ4n) is 1.85. The summed E-state index contributed by atoms with van der Waals surface area (Å²) < 4.78 is 12.4. The number of rotatable bonds is 3. The molecule has 1 aromatic carbocycles. The Balaban J connectivity index is 2.08. The van der Waals surface area contributed by atoms with Gasteiger partial charge in [-0.25, -0.2) is 0 Å². The maximum atomic E-state index is 10.6. The monoisotopic (exact) mass is 314 g/mol. The van der Waals surface area contributed by atoms with E-state index in [1.165, 1.54) is 0 Å². The van der Waals surface area contributed by atoms with Crippen LogP contribution in [0.3, 0.4) is 0 Å². The molecule has 0 radical (unpaired) electrons. The summed E-state index contributed by atoms with van der Waals surface area (Å²) in [7, 11) is 0. The zero-order valence-corrected chi connectivity index (χ0v) is 11.7. The predicted octanol–water partition coefficient (Wildman–Crippen LogP) is 3.08. The smallest absolute Gasteiger partial charge is 0.303 e. The van der Waals surface area contributed by atoms with Crippen LogP contribution in [0, 0.1) is 0 Å². The zero-order valence-electron chi connectivity index (χ0n) is 10.1. The van der Waals surface area contributed by atoms with Crippen molar-refractivity contribution in [3.05, 3.63) is 33.8 Å². The molecule has 1 heterocycles. The first-order valence-corrected chi connectivity index (χ1v) is 6.55. The second-order valence-corrected chi connectivity index (χ2v) is 5.43. The fourth-order valence-corrected chi connectivity index (χ4v) is 2.26. The highest BCUT2D eigenvalue weighted by Gasteiger charge is 2.30. The topological polar surface area (TPSA) is 55.8 Å². The van der Waals surface area contributed by atoms with Gasteiger partial charge in [0.25, 0.3) is 0 Å². The number of ether oxygens (including phenoxy) is 2. The molecule has 0 amide bonds. The van der Waals surface area contributed by atoms with Crippen LogP contribution >= 0.6 is 15.9 Å². The lowest BCUT2D eigenvalue weighted by atomic mass is 10.1. The number of carboxylic acids is 1. The van der Waals surface area contributed by atoms with E-state index in [0.29, 0.717) is 19.6 Å². The summed E-state index contributed by atoms with van der Waals surface area (Å²) in [6.07, 6.45) is 0.383. The maximum Gasteiger partial charge on any atom is 0.303 e. The van der Waals surface area contributed by atoms with Crippen LogP contribution < -0.4 is 0 Å². The first-order valence-electron chi connectivity index (χ1n) is 5.75. The van der Waals surface area contributed by atoms with Crippen LogP contribution in [0.25, 0.3) is 0 Å². The molecule has 1 aliphatic heterocycles. The maximum absolute atomic E-state index is 10.6. The number of aliphatic carboxylic acids is 1. The largest absolute Gasteiger partial charge is 0.481 e. The summed E-state index contributed by atoms with van der Waals surface area (Å²) in [5.41, 5.74) is 2.15. The van der Waals surface area contributed by atoms with Crippen molar-refractivity contribution < 1.29 is 19.4 Å². The summed E-state index contributed by atoms with van der Waals surface area (Å²) >= 11 is 3.42. The van der Waals surface area contributed by atoms with Crippen LogP contribution in [-0.2, 0) is 27.5 Å². The van der Waals surface area contributed by atoms with Crippen molar-refractivity contribution in [2.45, 2.75) is 38.8 Å². The van der Waals surface area contributed by atoms with Crippen LogP contribution in [0.4, 0.5) is 0 Å². The molecule has 0 saturated carbocycles. The summed E-state index contributed by atoms with van der Waals surface area (Å²) in [4.78, 5) is 10.6. The molecular weight excluding hydrogens is 300 g/mol. The Hall–Kier alpha value is -0.910. The van der Waals surface area contributed by atoms with Gasteiger partial charge in [0.15, 0.2) is 5.79 Å². The molecule has 1 aliphatic rings. The van der Waals surface area contributed by atoms with Crippen molar-refractivity contribution in [2.24, 2.45) is 0 Å². The molecule has 1 N–H and O–H groups in total. The van der Waals surface area contributed by atoms with Gasteiger partial charge < -0.3 is 14.6 Å². The Morgan fingerprint density at radius 3 is 2.72 bits per heavy atom. The van der Waals surface area contributed by atoms with Gasteiger partial charge in [-0.15, -0.1) is 0 Å². The Labute approximate surface area is 114 Å². The molecule has 2 rings (SSSR count). The number of carboxylic acid groups (broad SMARTS) is 1. The summed E-state index contributed by atoms with van der Waals surface area (Å²) in [5, 5.41) is 8.72. The first kappa shape index (κ1) is 13.5. The molecule has 0 aromatic heterocycles. The van der Waals surface area contributed by atoms with Crippen LogP contribution in [0.2, 0.25) is 0 Å². The van der Waals surface area contributed by atoms with E-state index in [9.17, 15) is 4.79 Å². The van der Waals surface area contributed by atoms with Gasteiger partial charge in [0.05, 0.1) is 19.6 Å². The number of fused-ring (bicyclic) bond motifs is 1. The van der Waals surface area contributed by atoms with E-state index in [1.54, 1.807) is 6.92 Å². The van der Waals surface area contributed by atoms with E-state index in [0.717, 1.165) is 15.6 Å². The van der Waals surface area contributed by atoms with E-state index >= 15 is 0 Å². The second kappa shape index (κ2) is 5.38. The Kier molecular flexibility index (Phi) is 4.04. The van der Waals surface area contributed by atoms with Crippen LogP contribution in [-0.4, -0.2) is 16.9 Å². The minimum Gasteiger partial charge on any atom is -0.481 e. The minimum atomic E-state index is -0.840. The summed E-state index contributed by atoms with van der Waals surface area (Å²) in [6.45, 7) is 2.67. The molecular formula is C13H15BrO4. The number of halogens is 1. The molecule has 0 aliphatic carbocycles. The molecule has 0 saturated heterocycles. The van der Waals surface area contributed by atoms with Crippen LogP contribution in [0.1, 0.15) is 30.9 Å². The normalized spacial score (nSPS) is 23.2. The predicted molar refractivity (Wildman–Crippen MR) is 69.0 cm³/mol. The molecule has 1 atom stereocenters. The van der Waals surface area contributed by atoms with Crippen LogP contribution in [0.15, 0.2) is 22.7 Å². The average molecular weight is 315 g/mol. The minimum absolute atomic E-state index is 0.0382. The van der Waals surface area contributed by atoms with Gasteiger partial charge in [0.1, 0.15) is 0 Å². The lowest BCUT2D eigenvalue weighted by Crippen LogP contribution is -2.31. The lowest BCUT2D eigenvalue weighted by molar-refractivity contribution is -0.236. The molecule has 98 valence electrons. The summed E-state index contributed by atoms with van der Waals surface area (Å²) in [5.74, 6) is -1.67. The molecule has 0 fully saturated rings. The van der Waals surface area contributed by atoms with Crippen molar-refractivity contribution in [1.29, 1.82) is 0 Å². The van der Waals surface area contributed by atoms with Gasteiger partial charge in [-0.1, -0.05) is 22.0 Å². The Bertz CT molecular complexity index is 460. The van der Waals surface area contributed by atoms with Crippen molar-refractivity contribution in [3.63, 3.8) is 0 Å². The van der Waals surface area contributed by atoms with Gasteiger partial charge in [-0.2, -0.15) is 0 Å². The number of hydrogen-bond acceptors (Lipinski definition) is 3.